The average Bonchev–Trinajstić information content (AvgIpc) is 3.38. The van der Waals surface area contributed by atoms with Crippen LogP contribution in [0.2, 0.25) is 0 Å². The van der Waals surface area contributed by atoms with E-state index in [2.05, 4.69) is 4.98 Å². The molecule has 2 aromatic heterocycles. The Labute approximate surface area is 206 Å². The zero-order valence-corrected chi connectivity index (χ0v) is 21.8. The topological polar surface area (TPSA) is 71.8 Å². The van der Waals surface area contributed by atoms with E-state index in [-0.39, 0.29) is 23.6 Å². The summed E-state index contributed by atoms with van der Waals surface area (Å²) in [5.41, 5.74) is -0.131. The van der Waals surface area contributed by atoms with Crippen LogP contribution in [0.4, 0.5) is 17.6 Å². The van der Waals surface area contributed by atoms with Crippen molar-refractivity contribution in [2.24, 2.45) is 0 Å². The van der Waals surface area contributed by atoms with Crippen molar-refractivity contribution in [2.75, 3.05) is 18.1 Å². The number of benzene rings is 1. The van der Waals surface area contributed by atoms with Gasteiger partial charge in [0.1, 0.15) is 5.82 Å². The molecule has 0 radical (unpaired) electrons. The van der Waals surface area contributed by atoms with Crippen LogP contribution in [-0.2, 0) is 27.2 Å². The minimum atomic E-state index is -4.90. The number of sulfone groups is 1. The SMILES string of the molecule is CC.CCS(=O)(=O)CCN(C(=O)Cc1ccc(F)c(C(F)(F)F)c1)C(C)c1nc2sccn2c1C. The highest BCUT2D eigenvalue weighted by Gasteiger charge is 2.34. The minimum Gasteiger partial charge on any atom is -0.333 e. The van der Waals surface area contributed by atoms with Crippen molar-refractivity contribution in [2.45, 2.75) is 53.3 Å². The first-order valence-electron chi connectivity index (χ1n) is 11.1. The van der Waals surface area contributed by atoms with Crippen LogP contribution < -0.4 is 0 Å². The molecule has 1 atom stereocenters. The summed E-state index contributed by atoms with van der Waals surface area (Å²) in [5.74, 6) is -2.40. The molecular formula is C23H29F4N3O3S2. The van der Waals surface area contributed by atoms with Crippen molar-refractivity contribution in [1.29, 1.82) is 0 Å². The van der Waals surface area contributed by atoms with Crippen LogP contribution in [0.3, 0.4) is 0 Å². The standard InChI is InChI=1S/C21H23F4N3O3S2.C2H6/c1-4-33(30,31)10-8-27(13(2)19-14(3)28-7-9-32-20(28)26-19)18(29)12-15-5-6-17(22)16(11-15)21(23,24)25;1-2/h5-7,9,11,13H,4,8,10,12H2,1-3H3;1-2H3. The maximum absolute atomic E-state index is 13.6. The number of carbonyl (C=O) groups excluding carboxylic acids is 1. The van der Waals surface area contributed by atoms with Gasteiger partial charge in [0, 0.05) is 29.6 Å². The molecule has 194 valence electrons. The lowest BCUT2D eigenvalue weighted by molar-refractivity contribution is -0.140. The van der Waals surface area contributed by atoms with Gasteiger partial charge in [0.25, 0.3) is 0 Å². The Balaban J connectivity index is 0.00000210. The van der Waals surface area contributed by atoms with E-state index in [0.717, 1.165) is 11.8 Å². The number of aromatic nitrogens is 2. The number of thiazole rings is 1. The van der Waals surface area contributed by atoms with Gasteiger partial charge in [0.15, 0.2) is 14.8 Å². The lowest BCUT2D eigenvalue weighted by atomic mass is 10.1. The summed E-state index contributed by atoms with van der Waals surface area (Å²) in [4.78, 5) is 19.7. The Bertz CT molecular complexity index is 1270. The van der Waals surface area contributed by atoms with Gasteiger partial charge in [-0.2, -0.15) is 13.2 Å². The molecule has 0 N–H and O–H groups in total. The maximum atomic E-state index is 13.6. The Morgan fingerprint density at radius 3 is 2.49 bits per heavy atom. The van der Waals surface area contributed by atoms with Gasteiger partial charge in [-0.3, -0.25) is 9.20 Å². The molecule has 0 bridgehead atoms. The molecule has 35 heavy (non-hydrogen) atoms. The Hall–Kier alpha value is -2.47. The van der Waals surface area contributed by atoms with Crippen LogP contribution in [-0.4, -0.2) is 46.7 Å². The van der Waals surface area contributed by atoms with E-state index >= 15 is 0 Å². The number of amides is 1. The van der Waals surface area contributed by atoms with Crippen molar-refractivity contribution in [1.82, 2.24) is 14.3 Å². The molecule has 0 saturated heterocycles. The number of rotatable bonds is 8. The van der Waals surface area contributed by atoms with E-state index in [0.29, 0.717) is 22.8 Å². The fraction of sp³-hybridized carbons (Fsp3) is 0.478. The number of imidazole rings is 1. The molecule has 1 aromatic carbocycles. The fourth-order valence-electron chi connectivity index (χ4n) is 3.55. The van der Waals surface area contributed by atoms with E-state index in [4.69, 9.17) is 0 Å². The molecule has 1 amide bonds. The molecule has 0 aliphatic rings. The van der Waals surface area contributed by atoms with Gasteiger partial charge >= 0.3 is 6.18 Å². The summed E-state index contributed by atoms with van der Waals surface area (Å²) in [6.07, 6.45) is -3.52. The molecule has 0 spiro atoms. The highest BCUT2D eigenvalue weighted by molar-refractivity contribution is 7.91. The second-order valence-corrected chi connectivity index (χ2v) is 11.0. The van der Waals surface area contributed by atoms with E-state index in [9.17, 15) is 30.8 Å². The highest BCUT2D eigenvalue weighted by Crippen LogP contribution is 2.32. The van der Waals surface area contributed by atoms with Crippen molar-refractivity contribution in [3.8, 4) is 0 Å². The van der Waals surface area contributed by atoms with Gasteiger partial charge in [0.2, 0.25) is 5.91 Å². The number of alkyl halides is 3. The first-order valence-corrected chi connectivity index (χ1v) is 13.8. The van der Waals surface area contributed by atoms with Gasteiger partial charge in [-0.15, -0.1) is 11.3 Å². The predicted molar refractivity (Wildman–Crippen MR) is 129 cm³/mol. The van der Waals surface area contributed by atoms with Gasteiger partial charge in [-0.1, -0.05) is 26.8 Å². The molecular weight excluding hydrogens is 506 g/mol. The number of nitrogens with zero attached hydrogens (tertiary/aromatic N) is 3. The summed E-state index contributed by atoms with van der Waals surface area (Å²) in [7, 11) is -3.41. The molecule has 0 fully saturated rings. The number of aryl methyl sites for hydroxylation is 1. The number of halogens is 4. The zero-order valence-electron chi connectivity index (χ0n) is 20.2. The van der Waals surface area contributed by atoms with Gasteiger partial charge in [-0.05, 0) is 31.5 Å². The van der Waals surface area contributed by atoms with E-state index < -0.39 is 45.8 Å². The first kappa shape index (κ1) is 28.8. The Morgan fingerprint density at radius 2 is 1.91 bits per heavy atom. The molecule has 6 nitrogen and oxygen atoms in total. The second kappa shape index (κ2) is 11.5. The second-order valence-electron chi connectivity index (χ2n) is 7.63. The van der Waals surface area contributed by atoms with Crippen molar-refractivity contribution < 1.29 is 30.8 Å². The van der Waals surface area contributed by atoms with Gasteiger partial charge in [-0.25, -0.2) is 17.8 Å². The van der Waals surface area contributed by atoms with Crippen LogP contribution in [0.5, 0.6) is 0 Å². The van der Waals surface area contributed by atoms with Gasteiger partial charge < -0.3 is 4.90 Å². The van der Waals surface area contributed by atoms with Crippen LogP contribution in [0, 0.1) is 12.7 Å². The summed E-state index contributed by atoms with van der Waals surface area (Å²) in [5, 5.41) is 1.85. The summed E-state index contributed by atoms with van der Waals surface area (Å²) >= 11 is 1.40. The molecule has 1 unspecified atom stereocenters. The van der Waals surface area contributed by atoms with E-state index in [1.54, 1.807) is 6.92 Å². The third kappa shape index (κ3) is 6.81. The Morgan fingerprint density at radius 1 is 1.26 bits per heavy atom. The number of hydrogen-bond acceptors (Lipinski definition) is 5. The van der Waals surface area contributed by atoms with Crippen molar-refractivity contribution >= 4 is 32.0 Å². The molecule has 0 saturated carbocycles. The summed E-state index contributed by atoms with van der Waals surface area (Å²) in [6, 6.07) is 1.77. The monoisotopic (exact) mass is 535 g/mol. The molecule has 3 rings (SSSR count). The molecule has 3 aromatic rings. The van der Waals surface area contributed by atoms with Gasteiger partial charge in [0.05, 0.1) is 29.5 Å². The summed E-state index contributed by atoms with van der Waals surface area (Å²) < 4.78 is 78.8. The number of fused-ring (bicyclic) bond motifs is 1. The van der Waals surface area contributed by atoms with Crippen LogP contribution in [0.15, 0.2) is 29.8 Å². The fourth-order valence-corrected chi connectivity index (χ4v) is 5.08. The third-order valence-electron chi connectivity index (χ3n) is 5.50. The van der Waals surface area contributed by atoms with E-state index in [1.165, 1.54) is 23.2 Å². The average molecular weight is 536 g/mol. The lowest BCUT2D eigenvalue weighted by Gasteiger charge is -2.29. The first-order chi connectivity index (χ1) is 16.3. The normalized spacial score (nSPS) is 12.8. The third-order valence-corrected chi connectivity index (χ3v) is 7.94. The molecule has 12 heteroatoms. The van der Waals surface area contributed by atoms with Crippen molar-refractivity contribution in [3.63, 3.8) is 0 Å². The Kier molecular flexibility index (Phi) is 9.46. The quantitative estimate of drug-likeness (QED) is 0.360. The number of carbonyl (C=O) groups is 1. The van der Waals surface area contributed by atoms with E-state index in [1.807, 2.05) is 36.7 Å². The maximum Gasteiger partial charge on any atom is 0.419 e. The molecule has 0 aliphatic carbocycles. The molecule has 2 heterocycles. The molecule has 0 aliphatic heterocycles. The number of hydrogen-bond donors (Lipinski definition) is 0. The van der Waals surface area contributed by atoms with Crippen LogP contribution in [0.1, 0.15) is 56.3 Å². The minimum absolute atomic E-state index is 0.0215. The smallest absolute Gasteiger partial charge is 0.333 e. The highest BCUT2D eigenvalue weighted by atomic mass is 32.2. The van der Waals surface area contributed by atoms with Crippen molar-refractivity contribution in [3.05, 3.63) is 58.1 Å². The predicted octanol–water partition coefficient (Wildman–Crippen LogP) is 5.46. The largest absolute Gasteiger partial charge is 0.419 e. The zero-order chi connectivity index (χ0) is 26.6. The van der Waals surface area contributed by atoms with Crippen LogP contribution >= 0.6 is 11.3 Å². The lowest BCUT2D eigenvalue weighted by Crippen LogP contribution is -2.39. The van der Waals surface area contributed by atoms with Crippen LogP contribution in [0.25, 0.3) is 4.96 Å². The summed E-state index contributed by atoms with van der Waals surface area (Å²) in [6.45, 7) is 8.87.